The molecular formula is C27H32FN7O2. The van der Waals surface area contributed by atoms with E-state index in [0.29, 0.717) is 29.0 Å². The summed E-state index contributed by atoms with van der Waals surface area (Å²) in [7, 11) is 1.41. The molecule has 0 amide bonds. The Labute approximate surface area is 215 Å². The number of rotatable bonds is 6. The second-order valence-corrected chi connectivity index (χ2v) is 11.2. The number of benzene rings is 1. The number of ether oxygens (including phenoxy) is 1. The first-order chi connectivity index (χ1) is 17.8. The number of fused-ring (bicyclic) bond motifs is 2. The first-order valence-electron chi connectivity index (χ1n) is 12.9. The van der Waals surface area contributed by atoms with E-state index in [9.17, 15) is 9.50 Å². The van der Waals surface area contributed by atoms with Gasteiger partial charge in [-0.15, -0.1) is 10.2 Å². The summed E-state index contributed by atoms with van der Waals surface area (Å²) in [6, 6.07) is 5.64. The van der Waals surface area contributed by atoms with Crippen molar-refractivity contribution in [1.82, 2.24) is 30.5 Å². The van der Waals surface area contributed by atoms with Crippen LogP contribution in [0.15, 0.2) is 30.6 Å². The molecule has 9 nitrogen and oxygen atoms in total. The summed E-state index contributed by atoms with van der Waals surface area (Å²) >= 11 is 0. The second-order valence-electron chi connectivity index (χ2n) is 11.2. The van der Waals surface area contributed by atoms with E-state index in [1.165, 1.54) is 32.4 Å². The number of hydrogen-bond acceptors (Lipinski definition) is 9. The molecule has 2 saturated heterocycles. The third kappa shape index (κ3) is 4.58. The first-order valence-corrected chi connectivity index (χ1v) is 12.9. The first kappa shape index (κ1) is 24.0. The van der Waals surface area contributed by atoms with Gasteiger partial charge in [-0.2, -0.15) is 4.98 Å². The van der Waals surface area contributed by atoms with Crippen molar-refractivity contribution < 1.29 is 14.2 Å². The smallest absolute Gasteiger partial charge is 0.316 e. The van der Waals surface area contributed by atoms with Crippen LogP contribution in [0.1, 0.15) is 58.8 Å². The molecule has 2 bridgehead atoms. The number of hydrogen-bond donors (Lipinski definition) is 2. The Morgan fingerprint density at radius 1 is 1.05 bits per heavy atom. The van der Waals surface area contributed by atoms with Crippen LogP contribution in [0.4, 0.5) is 10.2 Å². The minimum Gasteiger partial charge on any atom is -0.507 e. The molecule has 0 unspecified atom stereocenters. The quantitative estimate of drug-likeness (QED) is 0.507. The number of aromatic hydroxyl groups is 1. The molecule has 3 aliphatic rings. The van der Waals surface area contributed by atoms with Crippen molar-refractivity contribution in [2.45, 2.75) is 82.0 Å². The Hall–Kier alpha value is -3.40. The summed E-state index contributed by atoms with van der Waals surface area (Å²) in [4.78, 5) is 14.8. The van der Waals surface area contributed by atoms with Crippen molar-refractivity contribution in [3.8, 4) is 34.4 Å². The van der Waals surface area contributed by atoms with Crippen LogP contribution in [0.25, 0.3) is 22.6 Å². The van der Waals surface area contributed by atoms with Gasteiger partial charge >= 0.3 is 6.01 Å². The van der Waals surface area contributed by atoms with Gasteiger partial charge in [0.15, 0.2) is 17.5 Å². The van der Waals surface area contributed by atoms with Gasteiger partial charge in [0.25, 0.3) is 0 Å². The highest BCUT2D eigenvalue weighted by Gasteiger charge is 2.49. The van der Waals surface area contributed by atoms with Crippen LogP contribution >= 0.6 is 0 Å². The molecule has 2 aliphatic heterocycles. The minimum atomic E-state index is -0.611. The van der Waals surface area contributed by atoms with Crippen molar-refractivity contribution >= 4 is 5.82 Å². The van der Waals surface area contributed by atoms with E-state index in [1.54, 1.807) is 18.3 Å². The molecule has 2 N–H and O–H groups in total. The lowest BCUT2D eigenvalue weighted by Gasteiger charge is -2.55. The topological polar surface area (TPSA) is 109 Å². The molecular weight excluding hydrogens is 473 g/mol. The lowest BCUT2D eigenvalue weighted by atomic mass is 9.69. The Morgan fingerprint density at radius 2 is 1.81 bits per heavy atom. The molecule has 10 heteroatoms. The number of halogens is 1. The molecule has 3 fully saturated rings. The maximum atomic E-state index is 14.3. The summed E-state index contributed by atoms with van der Waals surface area (Å²) < 4.78 is 19.3. The molecule has 3 atom stereocenters. The molecule has 1 saturated carbocycles. The average molecular weight is 506 g/mol. The van der Waals surface area contributed by atoms with Gasteiger partial charge in [-0.3, -0.25) is 0 Å². The van der Waals surface area contributed by atoms with Gasteiger partial charge in [0, 0.05) is 28.7 Å². The van der Waals surface area contributed by atoms with Crippen LogP contribution in [-0.2, 0) is 0 Å². The molecule has 6 rings (SSSR count). The SMILES string of the molecule is COc1ncc(F)c(-c2ccc(-c3ncc(N(C4CC4)[C@H]4C[C@]5(C)CCC[C@](C)(C4)N5)nn3)c(O)c2)n1. The number of methoxy groups -OCH3 is 1. The van der Waals surface area contributed by atoms with Crippen molar-refractivity contribution in [1.29, 1.82) is 0 Å². The highest BCUT2D eigenvalue weighted by atomic mass is 19.1. The highest BCUT2D eigenvalue weighted by molar-refractivity contribution is 5.71. The molecule has 1 aromatic carbocycles. The maximum absolute atomic E-state index is 14.3. The number of nitrogens with zero attached hydrogens (tertiary/aromatic N) is 6. The molecule has 0 radical (unpaired) electrons. The zero-order valence-corrected chi connectivity index (χ0v) is 21.4. The summed E-state index contributed by atoms with van der Waals surface area (Å²) in [5.74, 6) is 0.398. The molecule has 37 heavy (non-hydrogen) atoms. The predicted molar refractivity (Wildman–Crippen MR) is 137 cm³/mol. The van der Waals surface area contributed by atoms with Crippen LogP contribution in [0.3, 0.4) is 0 Å². The van der Waals surface area contributed by atoms with Gasteiger partial charge in [0.1, 0.15) is 11.4 Å². The lowest BCUT2D eigenvalue weighted by Crippen LogP contribution is -2.67. The Kier molecular flexibility index (Phi) is 5.74. The highest BCUT2D eigenvalue weighted by Crippen LogP contribution is 2.45. The third-order valence-electron chi connectivity index (χ3n) is 8.00. The molecule has 2 aromatic heterocycles. The van der Waals surface area contributed by atoms with E-state index < -0.39 is 5.82 Å². The molecule has 0 spiro atoms. The maximum Gasteiger partial charge on any atom is 0.316 e. The summed E-state index contributed by atoms with van der Waals surface area (Å²) in [5, 5.41) is 23.6. The zero-order valence-electron chi connectivity index (χ0n) is 21.4. The fourth-order valence-corrected chi connectivity index (χ4v) is 6.39. The number of piperidine rings is 2. The van der Waals surface area contributed by atoms with Crippen LogP contribution in [-0.4, -0.2) is 60.5 Å². The van der Waals surface area contributed by atoms with E-state index in [-0.39, 0.29) is 28.5 Å². The van der Waals surface area contributed by atoms with Gasteiger partial charge in [-0.05, 0) is 70.9 Å². The summed E-state index contributed by atoms with van der Waals surface area (Å²) in [6.07, 6.45) is 10.9. The van der Waals surface area contributed by atoms with E-state index >= 15 is 0 Å². The van der Waals surface area contributed by atoms with Gasteiger partial charge in [0.2, 0.25) is 0 Å². The van der Waals surface area contributed by atoms with Gasteiger partial charge in [-0.25, -0.2) is 14.4 Å². The molecule has 1 aliphatic carbocycles. The fourth-order valence-electron chi connectivity index (χ4n) is 6.39. The van der Waals surface area contributed by atoms with Gasteiger partial charge in [-0.1, -0.05) is 6.07 Å². The van der Waals surface area contributed by atoms with Gasteiger partial charge < -0.3 is 20.1 Å². The fraction of sp³-hybridized carbons (Fsp3) is 0.519. The number of nitrogens with one attached hydrogen (secondary N) is 1. The monoisotopic (exact) mass is 505 g/mol. The van der Waals surface area contributed by atoms with E-state index in [2.05, 4.69) is 49.2 Å². The molecule has 4 heterocycles. The van der Waals surface area contributed by atoms with E-state index in [4.69, 9.17) is 4.74 Å². The average Bonchev–Trinajstić information content (AvgIpc) is 3.69. The second kappa shape index (κ2) is 8.86. The van der Waals surface area contributed by atoms with Crippen molar-refractivity contribution in [3.05, 3.63) is 36.4 Å². The predicted octanol–water partition coefficient (Wildman–Crippen LogP) is 4.27. The Bertz CT molecular complexity index is 1300. The minimum absolute atomic E-state index is 0.0392. The van der Waals surface area contributed by atoms with E-state index in [1.807, 2.05) is 0 Å². The van der Waals surface area contributed by atoms with Crippen molar-refractivity contribution in [3.63, 3.8) is 0 Å². The van der Waals surface area contributed by atoms with Crippen LogP contribution in [0, 0.1) is 5.82 Å². The van der Waals surface area contributed by atoms with E-state index in [0.717, 1.165) is 37.7 Å². The van der Waals surface area contributed by atoms with Crippen molar-refractivity contribution in [2.24, 2.45) is 0 Å². The summed E-state index contributed by atoms with van der Waals surface area (Å²) in [5.41, 5.74) is 1.13. The summed E-state index contributed by atoms with van der Waals surface area (Å²) in [6.45, 7) is 4.70. The number of anilines is 1. The Balaban J connectivity index is 1.26. The number of phenols is 1. The standard InChI is InChI=1S/C27H32FN7O2/c1-26-9-4-10-27(2,34-26)13-18(12-26)35(17-6-7-17)22-15-29-24(33-32-22)19-8-5-16(11-21(19)36)23-20(28)14-30-25(31-23)37-3/h5,8,11,14-15,17-18,34,36H,4,6-7,9-10,12-13H2,1-3H3/t18-,26-,27+. The number of phenolic OH excluding ortho intramolecular Hbond substituents is 1. The number of aromatic nitrogens is 5. The molecule has 3 aromatic rings. The van der Waals surface area contributed by atoms with Crippen LogP contribution in [0.5, 0.6) is 11.8 Å². The van der Waals surface area contributed by atoms with Crippen molar-refractivity contribution in [2.75, 3.05) is 12.0 Å². The largest absolute Gasteiger partial charge is 0.507 e. The van der Waals surface area contributed by atoms with Gasteiger partial charge in [0.05, 0.1) is 25.1 Å². The van der Waals surface area contributed by atoms with Crippen LogP contribution < -0.4 is 15.0 Å². The Morgan fingerprint density at radius 3 is 2.43 bits per heavy atom. The lowest BCUT2D eigenvalue weighted by molar-refractivity contribution is 0.0766. The zero-order chi connectivity index (χ0) is 25.8. The normalized spacial score (nSPS) is 27.1. The molecule has 194 valence electrons. The van der Waals surface area contributed by atoms with Crippen LogP contribution in [0.2, 0.25) is 0 Å². The third-order valence-corrected chi connectivity index (χ3v) is 8.00.